The minimum absolute atomic E-state index is 0. The Morgan fingerprint density at radius 1 is 1.26 bits per heavy atom. The van der Waals surface area contributed by atoms with E-state index in [1.165, 1.54) is 18.4 Å². The molecule has 0 amide bonds. The minimum atomic E-state index is 0. The summed E-state index contributed by atoms with van der Waals surface area (Å²) in [5.74, 6) is 0.908. The van der Waals surface area contributed by atoms with Gasteiger partial charge in [-0.15, -0.1) is 24.0 Å². The van der Waals surface area contributed by atoms with Crippen LogP contribution in [0, 0.1) is 0 Å². The van der Waals surface area contributed by atoms with Gasteiger partial charge in [-0.2, -0.15) is 0 Å². The van der Waals surface area contributed by atoms with Crippen LogP contribution in [-0.2, 0) is 0 Å². The van der Waals surface area contributed by atoms with Crippen LogP contribution >= 0.6 is 24.0 Å². The molecule has 5 heteroatoms. The van der Waals surface area contributed by atoms with Gasteiger partial charge in [-0.3, -0.25) is 9.89 Å². The van der Waals surface area contributed by atoms with Gasteiger partial charge in [-0.05, 0) is 38.8 Å². The molecule has 2 N–H and O–H groups in total. The highest BCUT2D eigenvalue weighted by atomic mass is 127. The summed E-state index contributed by atoms with van der Waals surface area (Å²) < 4.78 is 0. The van der Waals surface area contributed by atoms with Gasteiger partial charge >= 0.3 is 0 Å². The van der Waals surface area contributed by atoms with Crippen molar-refractivity contribution in [2.45, 2.75) is 45.7 Å². The second-order valence-corrected chi connectivity index (χ2v) is 5.90. The molecule has 2 rings (SSSR count). The first kappa shape index (κ1) is 20.2. The molecule has 1 aromatic carbocycles. The SMILES string of the molecule is CCNC(=NCCN(CC)C1CC1)NC(C)c1ccccc1.I. The highest BCUT2D eigenvalue weighted by Gasteiger charge is 2.27. The maximum atomic E-state index is 4.73. The molecule has 4 nitrogen and oxygen atoms in total. The molecule has 1 aliphatic carbocycles. The number of nitrogens with zero attached hydrogens (tertiary/aromatic N) is 2. The molecule has 0 saturated heterocycles. The molecule has 0 heterocycles. The molecule has 23 heavy (non-hydrogen) atoms. The standard InChI is InChI=1S/C18H30N4.HI/c1-4-19-18(20-13-14-22(5-2)17-11-12-17)21-15(3)16-9-7-6-8-10-16;/h6-10,15,17H,4-5,11-14H2,1-3H3,(H2,19,20,21);1H. The van der Waals surface area contributed by atoms with E-state index < -0.39 is 0 Å². The molecule has 0 spiro atoms. The van der Waals surface area contributed by atoms with Crippen LogP contribution in [0.25, 0.3) is 0 Å². The number of likely N-dealkylation sites (N-methyl/N-ethyl adjacent to an activating group) is 1. The lowest BCUT2D eigenvalue weighted by Gasteiger charge is -2.20. The number of rotatable bonds is 8. The Labute approximate surface area is 158 Å². The fourth-order valence-electron chi connectivity index (χ4n) is 2.68. The number of benzene rings is 1. The number of aliphatic imine (C=N–C) groups is 1. The number of guanidine groups is 1. The van der Waals surface area contributed by atoms with Crippen molar-refractivity contribution < 1.29 is 0 Å². The molecule has 1 atom stereocenters. The van der Waals surface area contributed by atoms with E-state index in [4.69, 9.17) is 4.99 Å². The lowest BCUT2D eigenvalue weighted by molar-refractivity contribution is 0.286. The number of nitrogens with one attached hydrogen (secondary N) is 2. The van der Waals surface area contributed by atoms with Gasteiger partial charge in [-0.25, -0.2) is 0 Å². The third-order valence-corrected chi connectivity index (χ3v) is 4.12. The van der Waals surface area contributed by atoms with Gasteiger partial charge in [0.15, 0.2) is 5.96 Å². The topological polar surface area (TPSA) is 39.7 Å². The van der Waals surface area contributed by atoms with Crippen LogP contribution in [0.5, 0.6) is 0 Å². The van der Waals surface area contributed by atoms with Crippen molar-refractivity contribution in [3.05, 3.63) is 35.9 Å². The van der Waals surface area contributed by atoms with Gasteiger partial charge in [0.1, 0.15) is 0 Å². The highest BCUT2D eigenvalue weighted by Crippen LogP contribution is 2.25. The summed E-state index contributed by atoms with van der Waals surface area (Å²) in [6, 6.07) is 11.6. The van der Waals surface area contributed by atoms with E-state index in [9.17, 15) is 0 Å². The summed E-state index contributed by atoms with van der Waals surface area (Å²) in [4.78, 5) is 7.27. The van der Waals surface area contributed by atoms with Gasteiger partial charge in [0.05, 0.1) is 12.6 Å². The fourth-order valence-corrected chi connectivity index (χ4v) is 2.68. The quantitative estimate of drug-likeness (QED) is 0.377. The summed E-state index contributed by atoms with van der Waals surface area (Å²) in [7, 11) is 0. The number of halogens is 1. The monoisotopic (exact) mass is 430 g/mol. The third kappa shape index (κ3) is 7.08. The Kier molecular flexibility index (Phi) is 9.55. The van der Waals surface area contributed by atoms with Crippen molar-refractivity contribution in [1.82, 2.24) is 15.5 Å². The Bertz CT molecular complexity index is 459. The van der Waals surface area contributed by atoms with Crippen molar-refractivity contribution in [3.8, 4) is 0 Å². The predicted molar refractivity (Wildman–Crippen MR) is 110 cm³/mol. The summed E-state index contributed by atoms with van der Waals surface area (Å²) in [6.07, 6.45) is 2.72. The normalized spacial score (nSPS) is 15.9. The molecule has 130 valence electrons. The molecule has 1 aromatic rings. The second kappa shape index (κ2) is 10.9. The van der Waals surface area contributed by atoms with Crippen molar-refractivity contribution >= 4 is 29.9 Å². The summed E-state index contributed by atoms with van der Waals surface area (Å²) in [6.45, 7) is 10.4. The van der Waals surface area contributed by atoms with Crippen LogP contribution in [-0.4, -0.2) is 43.1 Å². The molecular weight excluding hydrogens is 399 g/mol. The summed E-state index contributed by atoms with van der Waals surface area (Å²) in [5, 5.41) is 6.83. The average molecular weight is 430 g/mol. The first-order chi connectivity index (χ1) is 10.7. The van der Waals surface area contributed by atoms with Crippen LogP contribution in [0.1, 0.15) is 45.2 Å². The van der Waals surface area contributed by atoms with Gasteiger partial charge < -0.3 is 10.6 Å². The largest absolute Gasteiger partial charge is 0.357 e. The molecule has 1 unspecified atom stereocenters. The first-order valence-electron chi connectivity index (χ1n) is 8.58. The van der Waals surface area contributed by atoms with E-state index in [1.807, 2.05) is 6.07 Å². The van der Waals surface area contributed by atoms with E-state index >= 15 is 0 Å². The van der Waals surface area contributed by atoms with Crippen LogP contribution in [0.4, 0.5) is 0 Å². The zero-order valence-corrected chi connectivity index (χ0v) is 16.9. The van der Waals surface area contributed by atoms with E-state index in [1.54, 1.807) is 0 Å². The average Bonchev–Trinajstić information content (AvgIpc) is 3.37. The smallest absolute Gasteiger partial charge is 0.191 e. The first-order valence-corrected chi connectivity index (χ1v) is 8.58. The molecule has 0 bridgehead atoms. The predicted octanol–water partition coefficient (Wildman–Crippen LogP) is 3.41. The van der Waals surface area contributed by atoms with Gasteiger partial charge in [0.25, 0.3) is 0 Å². The van der Waals surface area contributed by atoms with Crippen molar-refractivity contribution in [2.24, 2.45) is 4.99 Å². The maximum absolute atomic E-state index is 4.73. The zero-order chi connectivity index (χ0) is 15.8. The molecular formula is C18H31IN4. The highest BCUT2D eigenvalue weighted by molar-refractivity contribution is 14.0. The Balaban J connectivity index is 0.00000264. The van der Waals surface area contributed by atoms with Crippen molar-refractivity contribution in [2.75, 3.05) is 26.2 Å². The maximum Gasteiger partial charge on any atom is 0.191 e. The van der Waals surface area contributed by atoms with E-state index in [0.29, 0.717) is 0 Å². The lowest BCUT2D eigenvalue weighted by Crippen LogP contribution is -2.39. The Morgan fingerprint density at radius 2 is 1.96 bits per heavy atom. The summed E-state index contributed by atoms with van der Waals surface area (Å²) in [5.41, 5.74) is 1.28. The van der Waals surface area contributed by atoms with Crippen molar-refractivity contribution in [1.29, 1.82) is 0 Å². The van der Waals surface area contributed by atoms with Crippen LogP contribution in [0.3, 0.4) is 0 Å². The lowest BCUT2D eigenvalue weighted by atomic mass is 10.1. The van der Waals surface area contributed by atoms with Crippen LogP contribution in [0.2, 0.25) is 0 Å². The Morgan fingerprint density at radius 3 is 2.52 bits per heavy atom. The zero-order valence-electron chi connectivity index (χ0n) is 14.6. The molecule has 1 saturated carbocycles. The molecule has 0 aromatic heterocycles. The van der Waals surface area contributed by atoms with E-state index in [-0.39, 0.29) is 30.0 Å². The van der Waals surface area contributed by atoms with Gasteiger partial charge in [0, 0.05) is 19.1 Å². The third-order valence-electron chi connectivity index (χ3n) is 4.12. The molecule has 0 radical (unpaired) electrons. The van der Waals surface area contributed by atoms with Gasteiger partial charge in [0.2, 0.25) is 0 Å². The minimum Gasteiger partial charge on any atom is -0.357 e. The number of hydrogen-bond donors (Lipinski definition) is 2. The fraction of sp³-hybridized carbons (Fsp3) is 0.611. The van der Waals surface area contributed by atoms with Crippen LogP contribution in [0.15, 0.2) is 35.3 Å². The van der Waals surface area contributed by atoms with Crippen molar-refractivity contribution in [3.63, 3.8) is 0 Å². The molecule has 1 aliphatic rings. The molecule has 1 fully saturated rings. The molecule has 0 aliphatic heterocycles. The summed E-state index contributed by atoms with van der Waals surface area (Å²) >= 11 is 0. The number of hydrogen-bond acceptors (Lipinski definition) is 2. The second-order valence-electron chi connectivity index (χ2n) is 5.90. The van der Waals surface area contributed by atoms with Gasteiger partial charge in [-0.1, -0.05) is 37.3 Å². The van der Waals surface area contributed by atoms with E-state index in [2.05, 4.69) is 60.6 Å². The van der Waals surface area contributed by atoms with E-state index in [0.717, 1.165) is 38.2 Å². The van der Waals surface area contributed by atoms with Crippen LogP contribution < -0.4 is 10.6 Å². The Hall–Kier alpha value is -0.820.